The Kier molecular flexibility index (Phi) is 6.56. The molecule has 0 bridgehead atoms. The minimum Gasteiger partial charge on any atom is -0.457 e. The van der Waals surface area contributed by atoms with Crippen molar-refractivity contribution in [3.8, 4) is 11.3 Å². The molecule has 5 rings (SSSR count). The summed E-state index contributed by atoms with van der Waals surface area (Å²) in [6, 6.07) is 19.5. The number of anilines is 1. The normalized spacial score (nSPS) is 14.5. The number of carbonyl (C=O) groups excluding carboxylic acids is 3. The van der Waals surface area contributed by atoms with Crippen LogP contribution in [0.4, 0.5) is 16.2 Å². The fourth-order valence-electron chi connectivity index (χ4n) is 4.19. The Morgan fingerprint density at radius 2 is 1.84 bits per heavy atom. The molecule has 4 aromatic rings. The average Bonchev–Trinajstić information content (AvgIpc) is 3.46. The van der Waals surface area contributed by atoms with E-state index in [1.165, 1.54) is 12.1 Å². The van der Waals surface area contributed by atoms with Gasteiger partial charge >= 0.3 is 0 Å². The minimum absolute atomic E-state index is 0.0131. The smallest absolute Gasteiger partial charge is 0.294 e. The van der Waals surface area contributed by atoms with Gasteiger partial charge in [0, 0.05) is 34.3 Å². The van der Waals surface area contributed by atoms with Gasteiger partial charge in [-0.05, 0) is 60.8 Å². The molecule has 0 radical (unpaired) electrons. The van der Waals surface area contributed by atoms with Crippen LogP contribution in [0.1, 0.15) is 16.9 Å². The monoisotopic (exact) mass is 527 g/mol. The standard InChI is InChI=1S/C28H21N3O6S/c1-16-12-19(13-23(17(16)2)31(35)36)24-11-10-20(37-24)14-25-27(33)30(28(34)38-25)15-26(32)29-22-9-5-7-18-6-3-4-8-21(18)22/h3-14H,15H2,1-2H3,(H,29,32)/b25-14+. The number of imide groups is 1. The Labute approximate surface area is 221 Å². The molecular formula is C28H21N3O6S. The molecule has 190 valence electrons. The number of nitrogens with zero attached hydrogens (tertiary/aromatic N) is 2. The van der Waals surface area contributed by atoms with Crippen LogP contribution in [0.5, 0.6) is 0 Å². The van der Waals surface area contributed by atoms with E-state index in [0.717, 1.165) is 21.2 Å². The first-order chi connectivity index (χ1) is 18.2. The largest absolute Gasteiger partial charge is 0.457 e. The third kappa shape index (κ3) is 4.81. The van der Waals surface area contributed by atoms with Gasteiger partial charge in [-0.25, -0.2) is 0 Å². The van der Waals surface area contributed by atoms with Crippen molar-refractivity contribution in [2.75, 3.05) is 11.9 Å². The van der Waals surface area contributed by atoms with Crippen molar-refractivity contribution in [3.05, 3.63) is 98.6 Å². The van der Waals surface area contributed by atoms with Crippen LogP contribution in [0.3, 0.4) is 0 Å². The summed E-state index contributed by atoms with van der Waals surface area (Å²) in [6.07, 6.45) is 1.42. The quantitative estimate of drug-likeness (QED) is 0.177. The van der Waals surface area contributed by atoms with Crippen molar-refractivity contribution >= 4 is 57.0 Å². The van der Waals surface area contributed by atoms with E-state index in [1.54, 1.807) is 38.1 Å². The first-order valence-electron chi connectivity index (χ1n) is 11.6. The molecular weight excluding hydrogens is 506 g/mol. The van der Waals surface area contributed by atoms with E-state index in [2.05, 4.69) is 5.32 Å². The van der Waals surface area contributed by atoms with Crippen molar-refractivity contribution in [1.82, 2.24) is 4.90 Å². The van der Waals surface area contributed by atoms with Crippen molar-refractivity contribution in [2.24, 2.45) is 0 Å². The third-order valence-corrected chi connectivity index (χ3v) is 7.17. The van der Waals surface area contributed by atoms with Gasteiger partial charge in [-0.15, -0.1) is 0 Å². The van der Waals surface area contributed by atoms with Crippen LogP contribution in [0.25, 0.3) is 28.2 Å². The summed E-state index contributed by atoms with van der Waals surface area (Å²) in [5, 5.41) is 15.4. The number of nitro benzene ring substituents is 1. The van der Waals surface area contributed by atoms with Crippen LogP contribution in [-0.2, 0) is 9.59 Å². The highest BCUT2D eigenvalue weighted by Crippen LogP contribution is 2.35. The number of carbonyl (C=O) groups is 3. The number of nitrogens with one attached hydrogen (secondary N) is 1. The van der Waals surface area contributed by atoms with Crippen LogP contribution in [0.2, 0.25) is 0 Å². The molecule has 1 aliphatic heterocycles. The van der Waals surface area contributed by atoms with E-state index in [4.69, 9.17) is 4.42 Å². The lowest BCUT2D eigenvalue weighted by atomic mass is 10.0. The molecule has 9 nitrogen and oxygen atoms in total. The van der Waals surface area contributed by atoms with Gasteiger partial charge in [0.2, 0.25) is 5.91 Å². The van der Waals surface area contributed by atoms with Gasteiger partial charge < -0.3 is 9.73 Å². The highest BCUT2D eigenvalue weighted by molar-refractivity contribution is 8.18. The number of aryl methyl sites for hydroxylation is 1. The summed E-state index contributed by atoms with van der Waals surface area (Å²) in [7, 11) is 0. The summed E-state index contributed by atoms with van der Waals surface area (Å²) in [5.41, 5.74) is 2.42. The summed E-state index contributed by atoms with van der Waals surface area (Å²) < 4.78 is 5.81. The van der Waals surface area contributed by atoms with Gasteiger partial charge in [-0.1, -0.05) is 36.4 Å². The highest BCUT2D eigenvalue weighted by atomic mass is 32.2. The maximum absolute atomic E-state index is 12.9. The van der Waals surface area contributed by atoms with Crippen LogP contribution in [0, 0.1) is 24.0 Å². The van der Waals surface area contributed by atoms with Crippen molar-refractivity contribution < 1.29 is 23.7 Å². The first-order valence-corrected chi connectivity index (χ1v) is 12.4. The van der Waals surface area contributed by atoms with E-state index in [0.29, 0.717) is 40.1 Å². The molecule has 3 aromatic carbocycles. The van der Waals surface area contributed by atoms with Gasteiger partial charge in [-0.3, -0.25) is 29.4 Å². The average molecular weight is 528 g/mol. The SMILES string of the molecule is Cc1cc(-c2ccc(/C=C3/SC(=O)N(CC(=O)Nc4cccc5ccccc45)C3=O)o2)cc([N+](=O)[O-])c1C. The van der Waals surface area contributed by atoms with Gasteiger partial charge in [0.15, 0.2) is 0 Å². The van der Waals surface area contributed by atoms with E-state index in [1.807, 2.05) is 36.4 Å². The molecule has 0 unspecified atom stereocenters. The Hall–Kier alpha value is -4.70. The molecule has 0 aliphatic carbocycles. The fraction of sp³-hybridized carbons (Fsp3) is 0.107. The van der Waals surface area contributed by atoms with E-state index < -0.39 is 28.5 Å². The van der Waals surface area contributed by atoms with Crippen LogP contribution < -0.4 is 5.32 Å². The maximum Gasteiger partial charge on any atom is 0.294 e. The molecule has 0 saturated carbocycles. The number of benzene rings is 3. The van der Waals surface area contributed by atoms with Gasteiger partial charge in [-0.2, -0.15) is 0 Å². The summed E-state index contributed by atoms with van der Waals surface area (Å²) in [5.74, 6) is -0.419. The predicted octanol–water partition coefficient (Wildman–Crippen LogP) is 6.30. The Morgan fingerprint density at radius 3 is 2.63 bits per heavy atom. The zero-order valence-electron chi connectivity index (χ0n) is 20.4. The molecule has 38 heavy (non-hydrogen) atoms. The topological polar surface area (TPSA) is 123 Å². The van der Waals surface area contributed by atoms with Crippen molar-refractivity contribution in [1.29, 1.82) is 0 Å². The molecule has 0 spiro atoms. The number of amides is 3. The third-order valence-electron chi connectivity index (χ3n) is 6.26. The fourth-order valence-corrected chi connectivity index (χ4v) is 5.01. The van der Waals surface area contributed by atoms with E-state index in [9.17, 15) is 24.5 Å². The molecule has 2 heterocycles. The predicted molar refractivity (Wildman–Crippen MR) is 146 cm³/mol. The zero-order valence-corrected chi connectivity index (χ0v) is 21.2. The summed E-state index contributed by atoms with van der Waals surface area (Å²) in [4.78, 5) is 50.1. The lowest BCUT2D eigenvalue weighted by Gasteiger charge is -2.13. The molecule has 1 aliphatic rings. The number of hydrogen-bond donors (Lipinski definition) is 1. The van der Waals surface area contributed by atoms with Crippen LogP contribution in [0.15, 0.2) is 76.1 Å². The number of hydrogen-bond acceptors (Lipinski definition) is 7. The van der Waals surface area contributed by atoms with E-state index in [-0.39, 0.29) is 10.6 Å². The van der Waals surface area contributed by atoms with Crippen molar-refractivity contribution in [2.45, 2.75) is 13.8 Å². The maximum atomic E-state index is 12.9. The number of nitro groups is 1. The molecule has 1 fully saturated rings. The number of rotatable bonds is 6. The van der Waals surface area contributed by atoms with Gasteiger partial charge in [0.05, 0.1) is 9.83 Å². The second-order valence-corrected chi connectivity index (χ2v) is 9.73. The zero-order chi connectivity index (χ0) is 27.0. The molecule has 10 heteroatoms. The molecule has 1 N–H and O–H groups in total. The minimum atomic E-state index is -0.604. The summed E-state index contributed by atoms with van der Waals surface area (Å²) >= 11 is 0.713. The number of fused-ring (bicyclic) bond motifs is 1. The lowest BCUT2D eigenvalue weighted by Crippen LogP contribution is -2.36. The van der Waals surface area contributed by atoms with Crippen LogP contribution >= 0.6 is 11.8 Å². The Morgan fingerprint density at radius 1 is 1.08 bits per heavy atom. The highest BCUT2D eigenvalue weighted by Gasteiger charge is 2.36. The van der Waals surface area contributed by atoms with Gasteiger partial charge in [0.1, 0.15) is 18.1 Å². The van der Waals surface area contributed by atoms with E-state index >= 15 is 0 Å². The van der Waals surface area contributed by atoms with Crippen molar-refractivity contribution in [3.63, 3.8) is 0 Å². The molecule has 0 atom stereocenters. The second kappa shape index (κ2) is 9.98. The second-order valence-electron chi connectivity index (χ2n) is 8.74. The Balaban J connectivity index is 1.32. The van der Waals surface area contributed by atoms with Crippen LogP contribution in [-0.4, -0.2) is 33.4 Å². The molecule has 1 aromatic heterocycles. The Bertz CT molecular complexity index is 1670. The lowest BCUT2D eigenvalue weighted by molar-refractivity contribution is -0.385. The number of thioether (sulfide) groups is 1. The summed E-state index contributed by atoms with van der Waals surface area (Å²) in [6.45, 7) is 3.03. The molecule has 1 saturated heterocycles. The number of furan rings is 1. The molecule has 3 amide bonds. The first kappa shape index (κ1) is 25.0. The van der Waals surface area contributed by atoms with Gasteiger partial charge in [0.25, 0.3) is 16.8 Å².